The number of hydrogen-bond donors (Lipinski definition) is 0. The van der Waals surface area contributed by atoms with E-state index in [0.29, 0.717) is 12.2 Å². The average molecular weight is 275 g/mol. The molecule has 2 aromatic carbocycles. The van der Waals surface area contributed by atoms with Crippen molar-refractivity contribution in [1.29, 1.82) is 0 Å². The Kier molecular flexibility index (Phi) is 4.58. The van der Waals surface area contributed by atoms with Crippen molar-refractivity contribution in [1.82, 2.24) is 0 Å². The number of carbonyl (C=O) groups excluding carboxylic acids is 1. The number of ether oxygens (including phenoxy) is 1. The Balaban J connectivity index is 1.96. The van der Waals surface area contributed by atoms with E-state index >= 15 is 0 Å². The highest BCUT2D eigenvalue weighted by molar-refractivity contribution is 6.30. The van der Waals surface area contributed by atoms with E-state index < -0.39 is 0 Å². The fraction of sp³-hybridized carbons (Fsp3) is 0.188. The highest BCUT2D eigenvalue weighted by atomic mass is 35.5. The smallest absolute Gasteiger partial charge is 0.177 e. The summed E-state index contributed by atoms with van der Waals surface area (Å²) in [4.78, 5) is 11.4. The van der Waals surface area contributed by atoms with Crippen LogP contribution in [-0.2, 0) is 6.61 Å². The average Bonchev–Trinajstić information content (AvgIpc) is 2.46. The predicted octanol–water partition coefficient (Wildman–Crippen LogP) is 4.00. The maximum Gasteiger partial charge on any atom is 0.177 e. The van der Waals surface area contributed by atoms with Crippen LogP contribution >= 0.6 is 11.6 Å². The van der Waals surface area contributed by atoms with Crippen LogP contribution in [0.4, 0.5) is 0 Å². The van der Waals surface area contributed by atoms with Gasteiger partial charge in [-0.15, -0.1) is 11.6 Å². The van der Waals surface area contributed by atoms with E-state index in [1.54, 1.807) is 24.3 Å². The standard InChI is InChI=1S/C16H15ClO2/c1-12-2-4-13(5-3-12)11-19-15-8-6-14(7-9-15)16(18)10-17/h2-9H,10-11H2,1H3. The van der Waals surface area contributed by atoms with E-state index in [0.717, 1.165) is 11.3 Å². The van der Waals surface area contributed by atoms with Crippen LogP contribution in [0.15, 0.2) is 48.5 Å². The molecular formula is C16H15ClO2. The molecule has 0 atom stereocenters. The molecule has 0 aliphatic rings. The molecule has 0 aliphatic heterocycles. The monoisotopic (exact) mass is 274 g/mol. The fourth-order valence-electron chi connectivity index (χ4n) is 1.67. The third-order valence-electron chi connectivity index (χ3n) is 2.82. The SMILES string of the molecule is Cc1ccc(COc2ccc(C(=O)CCl)cc2)cc1. The fourth-order valence-corrected chi connectivity index (χ4v) is 1.82. The molecule has 2 aromatic rings. The Bertz CT molecular complexity index is 544. The van der Waals surface area contributed by atoms with Gasteiger partial charge in [-0.2, -0.15) is 0 Å². The van der Waals surface area contributed by atoms with E-state index in [4.69, 9.17) is 16.3 Å². The van der Waals surface area contributed by atoms with Crippen molar-refractivity contribution in [2.75, 3.05) is 5.88 Å². The molecule has 0 unspecified atom stereocenters. The van der Waals surface area contributed by atoms with Crippen molar-refractivity contribution in [2.24, 2.45) is 0 Å². The van der Waals surface area contributed by atoms with Gasteiger partial charge in [0.1, 0.15) is 12.4 Å². The zero-order valence-corrected chi connectivity index (χ0v) is 11.5. The summed E-state index contributed by atoms with van der Waals surface area (Å²) in [5.41, 5.74) is 2.96. The topological polar surface area (TPSA) is 26.3 Å². The first-order valence-corrected chi connectivity index (χ1v) is 6.60. The molecule has 98 valence electrons. The molecule has 2 nitrogen and oxygen atoms in total. The van der Waals surface area contributed by atoms with Gasteiger partial charge in [-0.1, -0.05) is 29.8 Å². The Morgan fingerprint density at radius 2 is 1.68 bits per heavy atom. The molecule has 0 aromatic heterocycles. The first kappa shape index (κ1) is 13.6. The van der Waals surface area contributed by atoms with Gasteiger partial charge in [0.25, 0.3) is 0 Å². The Labute approximate surface area is 118 Å². The molecule has 19 heavy (non-hydrogen) atoms. The normalized spacial score (nSPS) is 10.2. The minimum atomic E-state index is -0.0771. The highest BCUT2D eigenvalue weighted by Gasteiger charge is 2.03. The molecule has 0 fully saturated rings. The Morgan fingerprint density at radius 3 is 2.26 bits per heavy atom. The number of benzene rings is 2. The molecule has 0 saturated carbocycles. The first-order valence-electron chi connectivity index (χ1n) is 6.06. The number of halogens is 1. The van der Waals surface area contributed by atoms with Gasteiger partial charge in [0.15, 0.2) is 5.78 Å². The number of hydrogen-bond acceptors (Lipinski definition) is 2. The third-order valence-corrected chi connectivity index (χ3v) is 3.07. The zero-order valence-electron chi connectivity index (χ0n) is 10.7. The molecule has 0 N–H and O–H groups in total. The van der Waals surface area contributed by atoms with Gasteiger partial charge >= 0.3 is 0 Å². The molecule has 0 amide bonds. The molecule has 0 radical (unpaired) electrons. The lowest BCUT2D eigenvalue weighted by molar-refractivity contribution is 0.102. The lowest BCUT2D eigenvalue weighted by Gasteiger charge is -2.07. The largest absolute Gasteiger partial charge is 0.489 e. The predicted molar refractivity (Wildman–Crippen MR) is 77.0 cm³/mol. The van der Waals surface area contributed by atoms with Crippen LogP contribution in [0.2, 0.25) is 0 Å². The molecule has 2 rings (SSSR count). The summed E-state index contributed by atoms with van der Waals surface area (Å²) in [6, 6.07) is 15.2. The van der Waals surface area contributed by atoms with Gasteiger partial charge in [0, 0.05) is 5.56 Å². The van der Waals surface area contributed by atoms with Crippen molar-refractivity contribution in [3.63, 3.8) is 0 Å². The van der Waals surface area contributed by atoms with Gasteiger partial charge in [-0.05, 0) is 36.8 Å². The second-order valence-electron chi connectivity index (χ2n) is 4.36. The minimum absolute atomic E-state index is 0.00354. The molecule has 0 spiro atoms. The quantitative estimate of drug-likeness (QED) is 0.609. The number of carbonyl (C=O) groups is 1. The van der Waals surface area contributed by atoms with Crippen LogP contribution in [0.25, 0.3) is 0 Å². The second kappa shape index (κ2) is 6.39. The van der Waals surface area contributed by atoms with Gasteiger partial charge in [-0.25, -0.2) is 0 Å². The lowest BCUT2D eigenvalue weighted by atomic mass is 10.1. The molecule has 0 heterocycles. The summed E-state index contributed by atoms with van der Waals surface area (Å²) in [7, 11) is 0. The van der Waals surface area contributed by atoms with Crippen LogP contribution in [0.1, 0.15) is 21.5 Å². The van der Waals surface area contributed by atoms with E-state index in [9.17, 15) is 4.79 Å². The van der Waals surface area contributed by atoms with Crippen molar-refractivity contribution in [2.45, 2.75) is 13.5 Å². The highest BCUT2D eigenvalue weighted by Crippen LogP contribution is 2.15. The van der Waals surface area contributed by atoms with Crippen LogP contribution in [-0.4, -0.2) is 11.7 Å². The van der Waals surface area contributed by atoms with Crippen LogP contribution in [0.5, 0.6) is 5.75 Å². The molecular weight excluding hydrogens is 260 g/mol. The number of Topliss-reactive ketones (excluding diaryl/α,β-unsaturated/α-hetero) is 1. The van der Waals surface area contributed by atoms with Crippen LogP contribution in [0.3, 0.4) is 0 Å². The maximum absolute atomic E-state index is 11.4. The molecule has 3 heteroatoms. The van der Waals surface area contributed by atoms with E-state index in [-0.39, 0.29) is 11.7 Å². The first-order chi connectivity index (χ1) is 9.19. The maximum atomic E-state index is 11.4. The summed E-state index contributed by atoms with van der Waals surface area (Å²) in [6.45, 7) is 2.57. The number of aryl methyl sites for hydroxylation is 1. The number of ketones is 1. The Hall–Kier alpha value is -1.80. The number of rotatable bonds is 5. The van der Waals surface area contributed by atoms with Gasteiger partial charge in [-0.3, -0.25) is 4.79 Å². The lowest BCUT2D eigenvalue weighted by Crippen LogP contribution is -2.00. The zero-order chi connectivity index (χ0) is 13.7. The van der Waals surface area contributed by atoms with Crippen molar-refractivity contribution >= 4 is 17.4 Å². The molecule has 0 aliphatic carbocycles. The van der Waals surface area contributed by atoms with Crippen LogP contribution < -0.4 is 4.74 Å². The number of alkyl halides is 1. The van der Waals surface area contributed by atoms with Crippen molar-refractivity contribution < 1.29 is 9.53 Å². The van der Waals surface area contributed by atoms with E-state index in [1.165, 1.54) is 5.56 Å². The molecule has 0 bridgehead atoms. The van der Waals surface area contributed by atoms with E-state index in [2.05, 4.69) is 19.1 Å². The second-order valence-corrected chi connectivity index (χ2v) is 4.62. The summed E-state index contributed by atoms with van der Waals surface area (Å²) in [5, 5.41) is 0. The summed E-state index contributed by atoms with van der Waals surface area (Å²) in [5.74, 6) is 0.669. The van der Waals surface area contributed by atoms with Gasteiger partial charge in [0.2, 0.25) is 0 Å². The summed E-state index contributed by atoms with van der Waals surface area (Å²) >= 11 is 5.50. The van der Waals surface area contributed by atoms with Gasteiger partial charge < -0.3 is 4.74 Å². The van der Waals surface area contributed by atoms with Crippen LogP contribution in [0, 0.1) is 6.92 Å². The van der Waals surface area contributed by atoms with Crippen molar-refractivity contribution in [3.8, 4) is 5.75 Å². The minimum Gasteiger partial charge on any atom is -0.489 e. The van der Waals surface area contributed by atoms with Crippen molar-refractivity contribution in [3.05, 3.63) is 65.2 Å². The summed E-state index contributed by atoms with van der Waals surface area (Å²) in [6.07, 6.45) is 0. The van der Waals surface area contributed by atoms with Gasteiger partial charge in [0.05, 0.1) is 5.88 Å². The summed E-state index contributed by atoms with van der Waals surface area (Å²) < 4.78 is 5.66. The van der Waals surface area contributed by atoms with E-state index in [1.807, 2.05) is 12.1 Å². The third kappa shape index (κ3) is 3.83. The Morgan fingerprint density at radius 1 is 1.05 bits per heavy atom. The molecule has 0 saturated heterocycles.